The van der Waals surface area contributed by atoms with E-state index in [9.17, 15) is 9.59 Å². The Morgan fingerprint density at radius 2 is 1.00 bits per heavy atom. The molecule has 0 unspecified atom stereocenters. The van der Waals surface area contributed by atoms with E-state index in [0.717, 1.165) is 38.9 Å². The molecule has 11 heteroatoms. The molecule has 202 valence electrons. The molecule has 11 nitrogen and oxygen atoms in total. The average molecular weight is 491 g/mol. The van der Waals surface area contributed by atoms with Crippen LogP contribution in [-0.4, -0.2) is 118 Å². The first-order valence-electron chi connectivity index (χ1n) is 12.4. The van der Waals surface area contributed by atoms with Crippen LogP contribution in [0.1, 0.15) is 32.1 Å². The summed E-state index contributed by atoms with van der Waals surface area (Å²) in [6.07, 6.45) is 3.29. The van der Waals surface area contributed by atoms with Crippen molar-refractivity contribution in [3.63, 3.8) is 0 Å². The highest BCUT2D eigenvalue weighted by molar-refractivity contribution is 5.76. The summed E-state index contributed by atoms with van der Waals surface area (Å²) in [5.74, 6) is -0.0436. The molecule has 0 atom stereocenters. The summed E-state index contributed by atoms with van der Waals surface area (Å²) < 4.78 is 17.5. The molecule has 0 aromatic rings. The van der Waals surface area contributed by atoms with Crippen molar-refractivity contribution in [3.8, 4) is 0 Å². The monoisotopic (exact) mass is 490 g/mol. The number of hydrogen-bond donors (Lipinski definition) is 6. The Balaban J connectivity index is 4.42. The Morgan fingerprint density at radius 1 is 0.588 bits per heavy atom. The summed E-state index contributed by atoms with van der Waals surface area (Å²) in [4.78, 5) is 23.9. The molecule has 34 heavy (non-hydrogen) atoms. The van der Waals surface area contributed by atoms with Crippen molar-refractivity contribution in [2.75, 3.05) is 101 Å². The Labute approximate surface area is 206 Å². The second-order valence-electron chi connectivity index (χ2n) is 8.26. The zero-order valence-corrected chi connectivity index (χ0v) is 21.9. The third-order valence-corrected chi connectivity index (χ3v) is 5.18. The topological polar surface area (TPSA) is 134 Å². The van der Waals surface area contributed by atoms with Crippen LogP contribution in [0.2, 0.25) is 0 Å². The lowest BCUT2D eigenvalue weighted by molar-refractivity contribution is -0.122. The molecule has 6 N–H and O–H groups in total. The van der Waals surface area contributed by atoms with Gasteiger partial charge in [0.15, 0.2) is 0 Å². The van der Waals surface area contributed by atoms with Crippen LogP contribution >= 0.6 is 0 Å². The third kappa shape index (κ3) is 19.0. The number of likely N-dealkylation sites (N-methyl/N-ethyl adjacent to an activating group) is 1. The fourth-order valence-electron chi connectivity index (χ4n) is 2.99. The molecule has 2 amide bonds. The summed E-state index contributed by atoms with van der Waals surface area (Å²) in [7, 11) is 7.53. The molecule has 0 fully saturated rings. The smallest absolute Gasteiger partial charge is 0.222 e. The van der Waals surface area contributed by atoms with Crippen LogP contribution < -0.4 is 31.9 Å². The van der Waals surface area contributed by atoms with Gasteiger partial charge in [-0.15, -0.1) is 0 Å². The van der Waals surface area contributed by atoms with E-state index < -0.39 is 5.54 Å². The van der Waals surface area contributed by atoms with E-state index in [0.29, 0.717) is 65.6 Å². The zero-order chi connectivity index (χ0) is 25.3. The molecule has 0 bridgehead atoms. The van der Waals surface area contributed by atoms with Crippen molar-refractivity contribution in [2.24, 2.45) is 0 Å². The van der Waals surface area contributed by atoms with Gasteiger partial charge in [0.2, 0.25) is 11.8 Å². The fourth-order valence-corrected chi connectivity index (χ4v) is 2.99. The predicted molar refractivity (Wildman–Crippen MR) is 135 cm³/mol. The van der Waals surface area contributed by atoms with Crippen LogP contribution in [0.3, 0.4) is 0 Å². The highest BCUT2D eigenvalue weighted by Crippen LogP contribution is 2.09. The van der Waals surface area contributed by atoms with Gasteiger partial charge in [0, 0.05) is 32.5 Å². The van der Waals surface area contributed by atoms with E-state index in [1.165, 1.54) is 0 Å². The highest BCUT2D eigenvalue weighted by Gasteiger charge is 2.30. The van der Waals surface area contributed by atoms with Gasteiger partial charge < -0.3 is 46.1 Å². The molecule has 0 aliphatic heterocycles. The third-order valence-electron chi connectivity index (χ3n) is 5.18. The standard InChI is InChI=1S/C23H50N6O5/c1-24-10-5-13-28-21(30)8-16-33-19-23(27-4,18-32-15-7-12-26-3)20-34-17-9-22(31)29-14-6-11-25-2/h24-27H,5-20H2,1-4H3,(H,28,30)(H,29,31). The van der Waals surface area contributed by atoms with Crippen LogP contribution in [0.15, 0.2) is 0 Å². The van der Waals surface area contributed by atoms with Crippen molar-refractivity contribution in [1.29, 1.82) is 0 Å². The second kappa shape index (κ2) is 23.4. The van der Waals surface area contributed by atoms with Crippen molar-refractivity contribution in [2.45, 2.75) is 37.6 Å². The van der Waals surface area contributed by atoms with Crippen LogP contribution in [-0.2, 0) is 23.8 Å². The molecule has 0 aromatic carbocycles. The van der Waals surface area contributed by atoms with Gasteiger partial charge in [0.25, 0.3) is 0 Å². The predicted octanol–water partition coefficient (Wildman–Crippen LogP) is -1.16. The molecule has 0 heterocycles. The van der Waals surface area contributed by atoms with E-state index in [2.05, 4.69) is 31.9 Å². The highest BCUT2D eigenvalue weighted by atomic mass is 16.5. The van der Waals surface area contributed by atoms with Crippen LogP contribution in [0.4, 0.5) is 0 Å². The maximum absolute atomic E-state index is 11.9. The van der Waals surface area contributed by atoms with E-state index in [4.69, 9.17) is 14.2 Å². The summed E-state index contributed by atoms with van der Waals surface area (Å²) in [6.45, 7) is 6.24. The maximum atomic E-state index is 11.9. The quantitative estimate of drug-likeness (QED) is 0.0876. The summed E-state index contributed by atoms with van der Waals surface area (Å²) >= 11 is 0. The first-order chi connectivity index (χ1) is 16.5. The number of carbonyl (C=O) groups is 2. The van der Waals surface area contributed by atoms with Gasteiger partial charge in [-0.3, -0.25) is 9.59 Å². The van der Waals surface area contributed by atoms with Gasteiger partial charge >= 0.3 is 0 Å². The molecule has 0 radical (unpaired) electrons. The molecule has 0 saturated carbocycles. The Hall–Kier alpha value is -1.34. The molecule has 0 aliphatic rings. The lowest BCUT2D eigenvalue weighted by Gasteiger charge is -2.33. The average Bonchev–Trinajstić information content (AvgIpc) is 2.84. The molecule has 0 aliphatic carbocycles. The van der Waals surface area contributed by atoms with E-state index in [1.807, 2.05) is 28.2 Å². The summed E-state index contributed by atoms with van der Waals surface area (Å²) in [6, 6.07) is 0. The Kier molecular flexibility index (Phi) is 22.5. The first kappa shape index (κ1) is 32.7. The SMILES string of the molecule is CNCCCNC(=O)CCOCC(COCCCNC)(COCCC(=O)NCCCNC)NC. The van der Waals surface area contributed by atoms with Gasteiger partial charge in [-0.25, -0.2) is 0 Å². The van der Waals surface area contributed by atoms with Gasteiger partial charge in [-0.2, -0.15) is 0 Å². The largest absolute Gasteiger partial charge is 0.379 e. The maximum Gasteiger partial charge on any atom is 0.222 e. The molecular weight excluding hydrogens is 440 g/mol. The minimum absolute atomic E-state index is 0.0218. The molecule has 0 rings (SSSR count). The van der Waals surface area contributed by atoms with Crippen molar-refractivity contribution >= 4 is 11.8 Å². The van der Waals surface area contributed by atoms with Gasteiger partial charge in [0.1, 0.15) is 0 Å². The lowest BCUT2D eigenvalue weighted by atomic mass is 10.0. The number of ether oxygens (including phenoxy) is 3. The molecule has 0 saturated heterocycles. The van der Waals surface area contributed by atoms with E-state index >= 15 is 0 Å². The van der Waals surface area contributed by atoms with Crippen LogP contribution in [0.25, 0.3) is 0 Å². The van der Waals surface area contributed by atoms with E-state index in [1.54, 1.807) is 0 Å². The number of nitrogens with one attached hydrogen (secondary N) is 6. The van der Waals surface area contributed by atoms with Crippen molar-refractivity contribution in [1.82, 2.24) is 31.9 Å². The van der Waals surface area contributed by atoms with E-state index in [-0.39, 0.29) is 11.8 Å². The number of rotatable bonds is 25. The van der Waals surface area contributed by atoms with Gasteiger partial charge in [-0.1, -0.05) is 0 Å². The minimum atomic E-state index is -0.563. The summed E-state index contributed by atoms with van der Waals surface area (Å²) in [5.41, 5.74) is -0.563. The first-order valence-corrected chi connectivity index (χ1v) is 12.4. The van der Waals surface area contributed by atoms with Gasteiger partial charge in [-0.05, 0) is 67.1 Å². The zero-order valence-electron chi connectivity index (χ0n) is 21.9. The number of hydrogen-bond acceptors (Lipinski definition) is 9. The fraction of sp³-hybridized carbons (Fsp3) is 0.913. The van der Waals surface area contributed by atoms with Crippen LogP contribution in [0, 0.1) is 0 Å². The number of amides is 2. The van der Waals surface area contributed by atoms with Crippen LogP contribution in [0.5, 0.6) is 0 Å². The molecule has 0 spiro atoms. The Bertz CT molecular complexity index is 466. The lowest BCUT2D eigenvalue weighted by Crippen LogP contribution is -2.55. The minimum Gasteiger partial charge on any atom is -0.379 e. The van der Waals surface area contributed by atoms with Gasteiger partial charge in [0.05, 0.1) is 38.6 Å². The Morgan fingerprint density at radius 3 is 1.41 bits per heavy atom. The normalized spacial score (nSPS) is 11.5. The summed E-state index contributed by atoms with van der Waals surface area (Å²) in [5, 5.41) is 18.2. The second-order valence-corrected chi connectivity index (χ2v) is 8.26. The molecular formula is C23H50N6O5. The van der Waals surface area contributed by atoms with Crippen molar-refractivity contribution < 1.29 is 23.8 Å². The van der Waals surface area contributed by atoms with Crippen molar-refractivity contribution in [3.05, 3.63) is 0 Å². The number of carbonyl (C=O) groups excluding carboxylic acids is 2. The molecule has 0 aromatic heterocycles.